The van der Waals surface area contributed by atoms with Crippen molar-refractivity contribution < 1.29 is 0 Å². The maximum absolute atomic E-state index is 4.57. The van der Waals surface area contributed by atoms with Crippen molar-refractivity contribution in [3.8, 4) is 0 Å². The van der Waals surface area contributed by atoms with Gasteiger partial charge in [0.05, 0.1) is 0 Å². The molecule has 3 nitrogen and oxygen atoms in total. The molecule has 0 aromatic rings. The van der Waals surface area contributed by atoms with Gasteiger partial charge in [0.15, 0.2) is 0 Å². The summed E-state index contributed by atoms with van der Waals surface area (Å²) in [5.41, 5.74) is 0.993. The summed E-state index contributed by atoms with van der Waals surface area (Å²) < 4.78 is 0. The van der Waals surface area contributed by atoms with Gasteiger partial charge >= 0.3 is 0 Å². The first kappa shape index (κ1) is 10.2. The van der Waals surface area contributed by atoms with E-state index in [0.29, 0.717) is 0 Å². The van der Waals surface area contributed by atoms with Crippen LogP contribution in [0.5, 0.6) is 0 Å². The number of hydrogen-bond acceptors (Lipinski definition) is 3. The van der Waals surface area contributed by atoms with Gasteiger partial charge in [-0.05, 0) is 20.3 Å². The first-order chi connectivity index (χ1) is 5.94. The van der Waals surface area contributed by atoms with Gasteiger partial charge in [-0.3, -0.25) is 4.99 Å². The summed E-state index contributed by atoms with van der Waals surface area (Å²) in [6.07, 6.45) is 1.93. The molecule has 0 unspecified atom stereocenters. The Bertz CT molecular complexity index is 249. The zero-order chi connectivity index (χ0) is 10.1. The van der Waals surface area contributed by atoms with Gasteiger partial charge in [0.2, 0.25) is 0 Å². The van der Waals surface area contributed by atoms with E-state index in [4.69, 9.17) is 0 Å². The van der Waals surface area contributed by atoms with Gasteiger partial charge in [0.1, 0.15) is 11.5 Å². The Hall–Kier alpha value is -0.860. The van der Waals surface area contributed by atoms with E-state index in [1.807, 2.05) is 27.9 Å². The normalized spacial score (nSPS) is 20.7. The summed E-state index contributed by atoms with van der Waals surface area (Å²) in [6.45, 7) is 6.24. The van der Waals surface area contributed by atoms with Crippen LogP contribution in [0.15, 0.2) is 9.98 Å². The van der Waals surface area contributed by atoms with Crippen LogP contribution in [-0.2, 0) is 0 Å². The SMILES string of the molecule is CCC1=NC(C)(C)N=C(N(C)C)C1. The van der Waals surface area contributed by atoms with E-state index >= 15 is 0 Å². The predicted molar refractivity (Wildman–Crippen MR) is 57.5 cm³/mol. The third kappa shape index (κ3) is 2.54. The molecule has 0 N–H and O–H groups in total. The smallest absolute Gasteiger partial charge is 0.146 e. The fraction of sp³-hybridized carbons (Fsp3) is 0.800. The highest BCUT2D eigenvalue weighted by molar-refractivity contribution is 6.04. The number of rotatable bonds is 1. The summed E-state index contributed by atoms with van der Waals surface area (Å²) in [6, 6.07) is 0. The van der Waals surface area contributed by atoms with Gasteiger partial charge in [-0.25, -0.2) is 4.99 Å². The van der Waals surface area contributed by atoms with Crippen molar-refractivity contribution in [1.29, 1.82) is 0 Å². The number of aliphatic imine (C=N–C) groups is 2. The summed E-state index contributed by atoms with van der Waals surface area (Å²) in [5, 5.41) is 0. The van der Waals surface area contributed by atoms with Gasteiger partial charge < -0.3 is 4.90 Å². The molecular weight excluding hydrogens is 162 g/mol. The molecule has 0 radical (unpaired) electrons. The third-order valence-corrected chi connectivity index (χ3v) is 2.12. The van der Waals surface area contributed by atoms with Crippen LogP contribution in [0.2, 0.25) is 0 Å². The van der Waals surface area contributed by atoms with E-state index < -0.39 is 0 Å². The molecule has 0 aromatic carbocycles. The zero-order valence-electron chi connectivity index (χ0n) is 9.26. The molecule has 0 saturated heterocycles. The van der Waals surface area contributed by atoms with Crippen molar-refractivity contribution in [3.63, 3.8) is 0 Å². The molecule has 1 rings (SSSR count). The minimum Gasteiger partial charge on any atom is -0.366 e. The Balaban J connectivity index is 2.88. The predicted octanol–water partition coefficient (Wildman–Crippen LogP) is 1.94. The Morgan fingerprint density at radius 2 is 1.92 bits per heavy atom. The van der Waals surface area contributed by atoms with Crippen molar-refractivity contribution in [2.75, 3.05) is 14.1 Å². The summed E-state index contributed by atoms with van der Waals surface area (Å²) >= 11 is 0. The van der Waals surface area contributed by atoms with Crippen molar-refractivity contribution in [2.45, 2.75) is 39.3 Å². The molecule has 1 aliphatic heterocycles. The second-order valence-corrected chi connectivity index (χ2v) is 4.13. The molecule has 0 spiro atoms. The minimum atomic E-state index is -0.261. The van der Waals surface area contributed by atoms with E-state index in [2.05, 4.69) is 21.8 Å². The molecule has 13 heavy (non-hydrogen) atoms. The van der Waals surface area contributed by atoms with Gasteiger partial charge in [-0.15, -0.1) is 0 Å². The van der Waals surface area contributed by atoms with Crippen molar-refractivity contribution in [1.82, 2.24) is 4.90 Å². The van der Waals surface area contributed by atoms with Gasteiger partial charge in [-0.1, -0.05) is 6.92 Å². The van der Waals surface area contributed by atoms with E-state index in [-0.39, 0.29) is 5.66 Å². The standard InChI is InChI=1S/C10H19N3/c1-6-8-7-9(13(4)5)12-10(2,3)11-8/h6-7H2,1-5H3. The van der Waals surface area contributed by atoms with E-state index in [1.54, 1.807) is 0 Å². The van der Waals surface area contributed by atoms with Crippen LogP contribution in [0.1, 0.15) is 33.6 Å². The highest BCUT2D eigenvalue weighted by Crippen LogP contribution is 2.19. The number of nitrogens with zero attached hydrogens (tertiary/aromatic N) is 3. The number of hydrogen-bond donors (Lipinski definition) is 0. The van der Waals surface area contributed by atoms with E-state index in [9.17, 15) is 0 Å². The van der Waals surface area contributed by atoms with E-state index in [0.717, 1.165) is 18.7 Å². The van der Waals surface area contributed by atoms with Gasteiger partial charge in [-0.2, -0.15) is 0 Å². The summed E-state index contributed by atoms with van der Waals surface area (Å²) in [4.78, 5) is 11.2. The molecule has 0 fully saturated rings. The highest BCUT2D eigenvalue weighted by Gasteiger charge is 2.22. The molecule has 0 aliphatic carbocycles. The van der Waals surface area contributed by atoms with Crippen molar-refractivity contribution in [2.24, 2.45) is 9.98 Å². The Kier molecular flexibility index (Phi) is 2.74. The van der Waals surface area contributed by atoms with Gasteiger partial charge in [0, 0.05) is 26.2 Å². The Labute approximate surface area is 80.6 Å². The highest BCUT2D eigenvalue weighted by atomic mass is 15.2. The van der Waals surface area contributed by atoms with Crippen LogP contribution >= 0.6 is 0 Å². The lowest BCUT2D eigenvalue weighted by atomic mass is 10.1. The maximum Gasteiger partial charge on any atom is 0.146 e. The topological polar surface area (TPSA) is 28.0 Å². The fourth-order valence-electron chi connectivity index (χ4n) is 1.45. The second kappa shape index (κ2) is 3.48. The van der Waals surface area contributed by atoms with Crippen LogP contribution in [0.3, 0.4) is 0 Å². The molecule has 0 bridgehead atoms. The lowest BCUT2D eigenvalue weighted by Crippen LogP contribution is -2.33. The first-order valence-electron chi connectivity index (χ1n) is 4.78. The summed E-state index contributed by atoms with van der Waals surface area (Å²) in [7, 11) is 4.07. The molecule has 0 aromatic heterocycles. The van der Waals surface area contributed by atoms with Crippen LogP contribution in [0.4, 0.5) is 0 Å². The molecule has 1 aliphatic rings. The lowest BCUT2D eigenvalue weighted by molar-refractivity contribution is 0.510. The van der Waals surface area contributed by atoms with Crippen LogP contribution in [-0.4, -0.2) is 36.2 Å². The zero-order valence-corrected chi connectivity index (χ0v) is 9.26. The average molecular weight is 181 g/mol. The van der Waals surface area contributed by atoms with Crippen molar-refractivity contribution >= 4 is 11.5 Å². The molecule has 0 atom stereocenters. The monoisotopic (exact) mass is 181 g/mol. The largest absolute Gasteiger partial charge is 0.366 e. The van der Waals surface area contributed by atoms with Crippen LogP contribution in [0, 0.1) is 0 Å². The molecular formula is C10H19N3. The first-order valence-corrected chi connectivity index (χ1v) is 4.78. The average Bonchev–Trinajstić information content (AvgIpc) is 2.01. The quantitative estimate of drug-likeness (QED) is 0.607. The van der Waals surface area contributed by atoms with E-state index in [1.165, 1.54) is 5.71 Å². The minimum absolute atomic E-state index is 0.261. The van der Waals surface area contributed by atoms with Crippen molar-refractivity contribution in [3.05, 3.63) is 0 Å². The second-order valence-electron chi connectivity index (χ2n) is 4.13. The van der Waals surface area contributed by atoms with Crippen LogP contribution in [0.25, 0.3) is 0 Å². The fourth-order valence-corrected chi connectivity index (χ4v) is 1.45. The summed E-state index contributed by atoms with van der Waals surface area (Å²) in [5.74, 6) is 1.14. The Morgan fingerprint density at radius 3 is 2.38 bits per heavy atom. The molecule has 0 saturated carbocycles. The molecule has 3 heteroatoms. The molecule has 74 valence electrons. The lowest BCUT2D eigenvalue weighted by Gasteiger charge is -2.27. The number of amidine groups is 1. The molecule has 0 amide bonds. The molecule has 1 heterocycles. The van der Waals surface area contributed by atoms with Gasteiger partial charge in [0.25, 0.3) is 0 Å². The third-order valence-electron chi connectivity index (χ3n) is 2.12. The van der Waals surface area contributed by atoms with Crippen LogP contribution < -0.4 is 0 Å². The maximum atomic E-state index is 4.57. The Morgan fingerprint density at radius 1 is 1.31 bits per heavy atom.